The zero-order valence-corrected chi connectivity index (χ0v) is 22.6. The second-order valence-electron chi connectivity index (χ2n) is 11.4. The smallest absolute Gasteiger partial charge is 0.410 e. The fraction of sp³-hybridized carbons (Fsp3) is 0.724. The first-order valence-electron chi connectivity index (χ1n) is 14.0. The van der Waals surface area contributed by atoms with E-state index in [-0.39, 0.29) is 18.2 Å². The quantitative estimate of drug-likeness (QED) is 0.383. The molecule has 2 N–H and O–H groups in total. The first-order chi connectivity index (χ1) is 17.3. The maximum atomic E-state index is 12.8. The van der Waals surface area contributed by atoms with Crippen LogP contribution in [-0.4, -0.2) is 54.4 Å². The van der Waals surface area contributed by atoms with Crippen molar-refractivity contribution in [2.45, 2.75) is 109 Å². The molecule has 0 aromatic heterocycles. The number of carbonyl (C=O) groups excluding carboxylic acids is 2. The van der Waals surface area contributed by atoms with E-state index < -0.39 is 5.60 Å². The van der Waals surface area contributed by atoms with Crippen molar-refractivity contribution >= 4 is 12.2 Å². The summed E-state index contributed by atoms with van der Waals surface area (Å²) < 4.78 is 11.1. The Hall–Kier alpha value is -2.28. The standard InChI is InChI=1S/C29H47N3O4/c1-29(2,3)36-28(34)32(26-13-8-5-9-14-26)20-10-19-30-21-23-15-17-25(18-16-23)31-27(33)35-22-24-11-6-4-7-12-24/h4,6-7,11-12,23,25-26,30H,5,8-10,13-22H2,1-3H3,(H,31,33)/t23-,25-. The number of rotatable bonds is 10. The van der Waals surface area contributed by atoms with Crippen molar-refractivity contribution in [3.05, 3.63) is 35.9 Å². The molecule has 36 heavy (non-hydrogen) atoms. The summed E-state index contributed by atoms with van der Waals surface area (Å²) in [6.07, 6.45) is 10.5. The van der Waals surface area contributed by atoms with E-state index in [1.165, 1.54) is 19.3 Å². The molecule has 0 atom stereocenters. The van der Waals surface area contributed by atoms with E-state index >= 15 is 0 Å². The van der Waals surface area contributed by atoms with Crippen LogP contribution in [0, 0.1) is 5.92 Å². The van der Waals surface area contributed by atoms with Gasteiger partial charge in [0.05, 0.1) is 0 Å². The van der Waals surface area contributed by atoms with Crippen LogP contribution in [0.3, 0.4) is 0 Å². The van der Waals surface area contributed by atoms with Crippen LogP contribution in [0.4, 0.5) is 9.59 Å². The first-order valence-corrected chi connectivity index (χ1v) is 14.0. The normalized spacial score (nSPS) is 21.0. The van der Waals surface area contributed by atoms with E-state index in [0.717, 1.165) is 70.1 Å². The molecular formula is C29H47N3O4. The third-order valence-corrected chi connectivity index (χ3v) is 7.21. The van der Waals surface area contributed by atoms with Crippen molar-refractivity contribution in [2.75, 3.05) is 19.6 Å². The molecule has 0 unspecified atom stereocenters. The molecule has 202 valence electrons. The number of alkyl carbamates (subject to hydrolysis) is 1. The molecule has 0 bridgehead atoms. The largest absolute Gasteiger partial charge is 0.445 e. The van der Waals surface area contributed by atoms with Crippen molar-refractivity contribution in [3.63, 3.8) is 0 Å². The minimum absolute atomic E-state index is 0.164. The van der Waals surface area contributed by atoms with Crippen LogP contribution in [0.15, 0.2) is 30.3 Å². The minimum atomic E-state index is -0.464. The number of benzene rings is 1. The Balaban J connectivity index is 1.29. The molecule has 7 nitrogen and oxygen atoms in total. The fourth-order valence-electron chi connectivity index (χ4n) is 5.26. The SMILES string of the molecule is CC(C)(C)OC(=O)N(CCCNC[C@H]1CC[C@H](NC(=O)OCc2ccccc2)CC1)C1CCCCC1. The Bertz CT molecular complexity index is 781. The van der Waals surface area contributed by atoms with Gasteiger partial charge in [-0.05, 0) is 90.3 Å². The highest BCUT2D eigenvalue weighted by Gasteiger charge is 2.29. The highest BCUT2D eigenvalue weighted by molar-refractivity contribution is 5.68. The third kappa shape index (κ3) is 10.4. The number of amides is 2. The topological polar surface area (TPSA) is 79.9 Å². The number of ether oxygens (including phenoxy) is 2. The van der Waals surface area contributed by atoms with E-state index in [1.807, 2.05) is 56.0 Å². The van der Waals surface area contributed by atoms with Gasteiger partial charge in [-0.3, -0.25) is 0 Å². The zero-order valence-electron chi connectivity index (χ0n) is 22.6. The zero-order chi connectivity index (χ0) is 25.8. The predicted molar refractivity (Wildman–Crippen MR) is 143 cm³/mol. The Kier molecular flexibility index (Phi) is 11.4. The van der Waals surface area contributed by atoms with Crippen molar-refractivity contribution in [1.29, 1.82) is 0 Å². The third-order valence-electron chi connectivity index (χ3n) is 7.21. The minimum Gasteiger partial charge on any atom is -0.445 e. The van der Waals surface area contributed by atoms with Gasteiger partial charge >= 0.3 is 12.2 Å². The lowest BCUT2D eigenvalue weighted by Crippen LogP contribution is -2.45. The lowest BCUT2D eigenvalue weighted by atomic mass is 9.86. The Morgan fingerprint density at radius 2 is 1.67 bits per heavy atom. The van der Waals surface area contributed by atoms with E-state index in [9.17, 15) is 9.59 Å². The molecule has 0 saturated heterocycles. The van der Waals surface area contributed by atoms with Gasteiger partial charge in [0.25, 0.3) is 0 Å². The second-order valence-corrected chi connectivity index (χ2v) is 11.4. The van der Waals surface area contributed by atoms with E-state index in [2.05, 4.69) is 10.6 Å². The average molecular weight is 502 g/mol. The van der Waals surface area contributed by atoms with Crippen LogP contribution in [0.1, 0.15) is 90.5 Å². The summed E-state index contributed by atoms with van der Waals surface area (Å²) in [4.78, 5) is 26.9. The number of carbonyl (C=O) groups is 2. The van der Waals surface area contributed by atoms with E-state index in [1.54, 1.807) is 0 Å². The monoisotopic (exact) mass is 501 g/mol. The van der Waals surface area contributed by atoms with Gasteiger partial charge in [-0.1, -0.05) is 49.6 Å². The maximum absolute atomic E-state index is 12.8. The lowest BCUT2D eigenvalue weighted by molar-refractivity contribution is 0.0119. The van der Waals surface area contributed by atoms with Gasteiger partial charge < -0.3 is 25.0 Å². The summed E-state index contributed by atoms with van der Waals surface area (Å²) in [6, 6.07) is 10.3. The van der Waals surface area contributed by atoms with Gasteiger partial charge in [-0.2, -0.15) is 0 Å². The molecule has 1 aromatic rings. The maximum Gasteiger partial charge on any atom is 0.410 e. The molecule has 7 heteroatoms. The summed E-state index contributed by atoms with van der Waals surface area (Å²) in [5.74, 6) is 0.628. The van der Waals surface area contributed by atoms with E-state index in [4.69, 9.17) is 9.47 Å². The summed E-state index contributed by atoms with van der Waals surface area (Å²) in [7, 11) is 0. The molecule has 0 radical (unpaired) electrons. The molecule has 0 spiro atoms. The van der Waals surface area contributed by atoms with Crippen molar-refractivity contribution < 1.29 is 19.1 Å². The molecule has 2 aliphatic rings. The number of hydrogen-bond donors (Lipinski definition) is 2. The first kappa shape index (κ1) is 28.3. The Morgan fingerprint density at radius 1 is 0.972 bits per heavy atom. The van der Waals surface area contributed by atoms with Gasteiger partial charge in [0.15, 0.2) is 0 Å². The van der Waals surface area contributed by atoms with Crippen molar-refractivity contribution in [1.82, 2.24) is 15.5 Å². The Labute approximate surface area is 217 Å². The van der Waals surface area contributed by atoms with Gasteiger partial charge in [0.2, 0.25) is 0 Å². The second kappa shape index (κ2) is 14.5. The molecule has 2 aliphatic carbocycles. The van der Waals surface area contributed by atoms with E-state index in [0.29, 0.717) is 18.6 Å². The van der Waals surface area contributed by atoms with Gasteiger partial charge in [-0.25, -0.2) is 9.59 Å². The van der Waals surface area contributed by atoms with Gasteiger partial charge in [0.1, 0.15) is 12.2 Å². The number of nitrogens with one attached hydrogen (secondary N) is 2. The molecule has 2 fully saturated rings. The van der Waals surface area contributed by atoms with Crippen LogP contribution in [0.25, 0.3) is 0 Å². The van der Waals surface area contributed by atoms with Crippen LogP contribution in [0.2, 0.25) is 0 Å². The molecule has 2 saturated carbocycles. The molecule has 2 amide bonds. The van der Waals surface area contributed by atoms with Crippen LogP contribution < -0.4 is 10.6 Å². The summed E-state index contributed by atoms with van der Waals surface area (Å²) in [6.45, 7) is 8.74. The highest BCUT2D eigenvalue weighted by Crippen LogP contribution is 2.25. The molecular weight excluding hydrogens is 454 g/mol. The van der Waals surface area contributed by atoms with Crippen LogP contribution in [0.5, 0.6) is 0 Å². The molecule has 0 heterocycles. The summed E-state index contributed by atoms with van der Waals surface area (Å²) >= 11 is 0. The van der Waals surface area contributed by atoms with Crippen molar-refractivity contribution in [2.24, 2.45) is 5.92 Å². The number of hydrogen-bond acceptors (Lipinski definition) is 5. The Morgan fingerprint density at radius 3 is 2.33 bits per heavy atom. The predicted octanol–water partition coefficient (Wildman–Crippen LogP) is 6.02. The van der Waals surface area contributed by atoms with Gasteiger partial charge in [-0.15, -0.1) is 0 Å². The fourth-order valence-corrected chi connectivity index (χ4v) is 5.26. The molecule has 3 rings (SSSR count). The van der Waals surface area contributed by atoms with Crippen LogP contribution in [-0.2, 0) is 16.1 Å². The number of nitrogens with zero attached hydrogens (tertiary/aromatic N) is 1. The highest BCUT2D eigenvalue weighted by atomic mass is 16.6. The lowest BCUT2D eigenvalue weighted by Gasteiger charge is -2.35. The average Bonchev–Trinajstić information content (AvgIpc) is 2.86. The summed E-state index contributed by atoms with van der Waals surface area (Å²) in [5.41, 5.74) is 0.532. The molecule has 0 aliphatic heterocycles. The summed E-state index contributed by atoms with van der Waals surface area (Å²) in [5, 5.41) is 6.63. The molecule has 1 aromatic carbocycles. The van der Waals surface area contributed by atoms with Gasteiger partial charge in [0, 0.05) is 18.6 Å². The van der Waals surface area contributed by atoms with Crippen LogP contribution >= 0.6 is 0 Å². The van der Waals surface area contributed by atoms with Crippen molar-refractivity contribution in [3.8, 4) is 0 Å².